The topological polar surface area (TPSA) is 66.9 Å². The average molecular weight is 443 g/mol. The summed E-state index contributed by atoms with van der Waals surface area (Å²) in [6, 6.07) is 14.6. The molecule has 1 saturated heterocycles. The summed E-state index contributed by atoms with van der Waals surface area (Å²) in [5, 5.41) is 0. The van der Waals surface area contributed by atoms with Gasteiger partial charge in [0.05, 0.1) is 24.5 Å². The number of hydrogen-bond acceptors (Lipinski definition) is 4. The predicted octanol–water partition coefficient (Wildman–Crippen LogP) is 3.66. The van der Waals surface area contributed by atoms with Gasteiger partial charge >= 0.3 is 0 Å². The number of imide groups is 1. The van der Waals surface area contributed by atoms with Crippen LogP contribution in [0.25, 0.3) is 0 Å². The van der Waals surface area contributed by atoms with Crippen molar-refractivity contribution in [2.24, 2.45) is 35.5 Å². The van der Waals surface area contributed by atoms with Gasteiger partial charge in [-0.3, -0.25) is 24.2 Å². The van der Waals surface area contributed by atoms with Gasteiger partial charge in [0.1, 0.15) is 12.4 Å². The third-order valence-corrected chi connectivity index (χ3v) is 7.93. The van der Waals surface area contributed by atoms with Gasteiger partial charge < -0.3 is 4.74 Å². The van der Waals surface area contributed by atoms with Crippen LogP contribution >= 0.6 is 0 Å². The van der Waals surface area contributed by atoms with Crippen molar-refractivity contribution in [1.29, 1.82) is 0 Å². The zero-order valence-corrected chi connectivity index (χ0v) is 18.7. The molecule has 5 aliphatic rings. The molecule has 6 unspecified atom stereocenters. The molecule has 33 heavy (non-hydrogen) atoms. The maximum Gasteiger partial charge on any atom is 0.263 e. The van der Waals surface area contributed by atoms with Crippen LogP contribution in [-0.2, 0) is 9.59 Å². The molecule has 1 aliphatic heterocycles. The standard InChI is InChI=1S/C27H26N2O4/c1-15-6-5-7-16(12-15)28(25(30)19-8-3-4-9-22(19)33-2)14-29-26(31)23-17-10-11-18(21-13-20(17)21)24(23)27(29)32/h3-12,17-18,20-21,23-24H,13-14H2,1-2H3. The average Bonchev–Trinajstić information content (AvgIpc) is 3.62. The van der Waals surface area contributed by atoms with Crippen LogP contribution in [0, 0.1) is 42.4 Å². The Hall–Kier alpha value is -3.41. The first kappa shape index (κ1) is 20.2. The highest BCUT2D eigenvalue weighted by molar-refractivity contribution is 6.10. The highest BCUT2D eigenvalue weighted by Gasteiger charge is 2.67. The SMILES string of the molecule is COc1ccccc1C(=O)N(CN1C(=O)C2C3C=CC(C4CC34)C2C1=O)c1cccc(C)c1. The molecule has 4 aliphatic carbocycles. The van der Waals surface area contributed by atoms with Crippen LogP contribution in [0.2, 0.25) is 0 Å². The molecule has 168 valence electrons. The van der Waals surface area contributed by atoms with E-state index in [-0.39, 0.29) is 48.1 Å². The molecule has 2 aromatic rings. The van der Waals surface area contributed by atoms with Crippen molar-refractivity contribution in [1.82, 2.24) is 4.90 Å². The summed E-state index contributed by atoms with van der Waals surface area (Å²) in [4.78, 5) is 43.6. The second-order valence-corrected chi connectivity index (χ2v) is 9.67. The van der Waals surface area contributed by atoms with Gasteiger partial charge in [-0.15, -0.1) is 0 Å². The lowest BCUT2D eigenvalue weighted by molar-refractivity contribution is -0.140. The molecule has 0 aromatic heterocycles. The highest BCUT2D eigenvalue weighted by Crippen LogP contribution is 2.65. The molecule has 2 aromatic carbocycles. The number of rotatable bonds is 5. The van der Waals surface area contributed by atoms with Crippen LogP contribution in [0.1, 0.15) is 22.3 Å². The lowest BCUT2D eigenvalue weighted by Crippen LogP contribution is -2.45. The maximum atomic E-state index is 13.7. The van der Waals surface area contributed by atoms with Crippen molar-refractivity contribution in [2.45, 2.75) is 13.3 Å². The predicted molar refractivity (Wildman–Crippen MR) is 122 cm³/mol. The first-order valence-corrected chi connectivity index (χ1v) is 11.5. The zero-order chi connectivity index (χ0) is 22.9. The summed E-state index contributed by atoms with van der Waals surface area (Å²) in [5.41, 5.74) is 2.02. The monoisotopic (exact) mass is 442 g/mol. The Morgan fingerprint density at radius 2 is 1.67 bits per heavy atom. The summed E-state index contributed by atoms with van der Waals surface area (Å²) in [6.07, 6.45) is 5.44. The number of methoxy groups -OCH3 is 1. The Morgan fingerprint density at radius 3 is 2.30 bits per heavy atom. The minimum Gasteiger partial charge on any atom is -0.496 e. The first-order chi connectivity index (χ1) is 16.0. The van der Waals surface area contributed by atoms with Gasteiger partial charge in [-0.25, -0.2) is 0 Å². The molecule has 0 N–H and O–H groups in total. The van der Waals surface area contributed by atoms with Crippen LogP contribution in [0.15, 0.2) is 60.7 Å². The number of anilines is 1. The number of likely N-dealkylation sites (tertiary alicyclic amines) is 1. The fourth-order valence-corrected chi connectivity index (χ4v) is 6.33. The molecule has 7 rings (SSSR count). The fraction of sp³-hybridized carbons (Fsp3) is 0.370. The number of allylic oxidation sites excluding steroid dienone is 2. The second-order valence-electron chi connectivity index (χ2n) is 9.67. The summed E-state index contributed by atoms with van der Waals surface area (Å²) < 4.78 is 5.42. The van der Waals surface area contributed by atoms with Crippen molar-refractivity contribution < 1.29 is 19.1 Å². The Bertz CT molecular complexity index is 1170. The van der Waals surface area contributed by atoms with Crippen molar-refractivity contribution in [2.75, 3.05) is 18.7 Å². The Kier molecular flexibility index (Phi) is 4.47. The molecule has 0 radical (unpaired) electrons. The van der Waals surface area contributed by atoms with Gasteiger partial charge in [0.15, 0.2) is 0 Å². The van der Waals surface area contributed by atoms with Gasteiger partial charge in [-0.05, 0) is 66.8 Å². The van der Waals surface area contributed by atoms with Crippen LogP contribution in [-0.4, -0.2) is 36.4 Å². The number of amides is 3. The largest absolute Gasteiger partial charge is 0.496 e. The van der Waals surface area contributed by atoms with Crippen LogP contribution in [0.3, 0.4) is 0 Å². The number of aryl methyl sites for hydroxylation is 1. The number of carbonyl (C=O) groups excluding carboxylic acids is 3. The summed E-state index contributed by atoms with van der Waals surface area (Å²) in [5.74, 6) is 0.705. The number of ether oxygens (including phenoxy) is 1. The van der Waals surface area contributed by atoms with E-state index in [0.717, 1.165) is 12.0 Å². The molecule has 3 fully saturated rings. The molecular formula is C27H26N2O4. The number of para-hydroxylation sites is 1. The Morgan fingerprint density at radius 1 is 1.00 bits per heavy atom. The third-order valence-electron chi connectivity index (χ3n) is 7.93. The van der Waals surface area contributed by atoms with E-state index in [4.69, 9.17) is 4.74 Å². The molecule has 2 bridgehead atoms. The van der Waals surface area contributed by atoms with E-state index in [1.165, 1.54) is 16.9 Å². The van der Waals surface area contributed by atoms with Crippen molar-refractivity contribution >= 4 is 23.4 Å². The van der Waals surface area contributed by atoms with E-state index in [9.17, 15) is 14.4 Å². The van der Waals surface area contributed by atoms with Gasteiger partial charge in [0.25, 0.3) is 5.91 Å². The molecule has 3 amide bonds. The summed E-state index contributed by atoms with van der Waals surface area (Å²) in [7, 11) is 1.52. The summed E-state index contributed by atoms with van der Waals surface area (Å²) in [6.45, 7) is 1.85. The molecular weight excluding hydrogens is 416 g/mol. The quantitative estimate of drug-likeness (QED) is 0.524. The van der Waals surface area contributed by atoms with Gasteiger partial charge in [0, 0.05) is 5.69 Å². The number of carbonyl (C=O) groups is 3. The highest BCUT2D eigenvalue weighted by atomic mass is 16.5. The lowest BCUT2D eigenvalue weighted by Gasteiger charge is -2.37. The van der Waals surface area contributed by atoms with Crippen molar-refractivity contribution in [3.8, 4) is 5.75 Å². The lowest BCUT2D eigenvalue weighted by atomic mass is 9.63. The fourth-order valence-electron chi connectivity index (χ4n) is 6.33. The molecule has 6 heteroatoms. The number of nitrogens with zero attached hydrogens (tertiary/aromatic N) is 2. The van der Waals surface area contributed by atoms with Gasteiger partial charge in [-0.2, -0.15) is 0 Å². The van der Waals surface area contributed by atoms with E-state index < -0.39 is 0 Å². The first-order valence-electron chi connectivity index (χ1n) is 11.5. The second kappa shape index (κ2) is 7.30. The third kappa shape index (κ3) is 2.96. The van der Waals surface area contributed by atoms with Crippen LogP contribution in [0.5, 0.6) is 5.75 Å². The molecule has 2 saturated carbocycles. The van der Waals surface area contributed by atoms with Crippen molar-refractivity contribution in [3.05, 3.63) is 71.8 Å². The van der Waals surface area contributed by atoms with E-state index in [2.05, 4.69) is 12.2 Å². The molecule has 0 spiro atoms. The Balaban J connectivity index is 1.36. The normalized spacial score (nSPS) is 30.8. The summed E-state index contributed by atoms with van der Waals surface area (Å²) >= 11 is 0. The van der Waals surface area contributed by atoms with Gasteiger partial charge in [0.2, 0.25) is 11.8 Å². The minimum absolute atomic E-state index is 0.0974. The van der Waals surface area contributed by atoms with Crippen LogP contribution < -0.4 is 9.64 Å². The maximum absolute atomic E-state index is 13.7. The van der Waals surface area contributed by atoms with E-state index in [1.807, 2.05) is 31.2 Å². The number of benzene rings is 2. The zero-order valence-electron chi connectivity index (χ0n) is 18.7. The number of hydrogen-bond donors (Lipinski definition) is 0. The van der Waals surface area contributed by atoms with Crippen LogP contribution in [0.4, 0.5) is 5.69 Å². The smallest absolute Gasteiger partial charge is 0.263 e. The molecule has 6 nitrogen and oxygen atoms in total. The molecule has 6 atom stereocenters. The van der Waals surface area contributed by atoms with E-state index in [0.29, 0.717) is 28.8 Å². The van der Waals surface area contributed by atoms with Crippen molar-refractivity contribution in [3.63, 3.8) is 0 Å². The van der Waals surface area contributed by atoms with Gasteiger partial charge in [-0.1, -0.05) is 36.4 Å². The molecule has 1 heterocycles. The minimum atomic E-state index is -0.308. The Labute approximate surface area is 192 Å². The van der Waals surface area contributed by atoms with E-state index in [1.54, 1.807) is 24.3 Å². The van der Waals surface area contributed by atoms with E-state index >= 15 is 0 Å².